The van der Waals surface area contributed by atoms with Crippen LogP contribution in [0.15, 0.2) is 48.3 Å². The molecular weight excluding hydrogens is 193 g/mol. The van der Waals surface area contributed by atoms with E-state index < -0.39 is 0 Å². The van der Waals surface area contributed by atoms with Crippen LogP contribution in [0.5, 0.6) is 0 Å². The Balaban J connectivity index is 2.06. The first kappa shape index (κ1) is 9.77. The topological polar surface area (TPSA) is 32.3 Å². The van der Waals surface area contributed by atoms with Crippen LogP contribution < -0.4 is 5.32 Å². The van der Waals surface area contributed by atoms with Crippen molar-refractivity contribution < 1.29 is 9.50 Å². The van der Waals surface area contributed by atoms with Crippen LogP contribution in [0.2, 0.25) is 0 Å². The van der Waals surface area contributed by atoms with Gasteiger partial charge in [0, 0.05) is 5.69 Å². The van der Waals surface area contributed by atoms with Crippen molar-refractivity contribution >= 4 is 5.69 Å². The average Bonchev–Trinajstić information content (AvgIpc) is 2.25. The number of hydrogen-bond donors (Lipinski definition) is 2. The predicted molar refractivity (Wildman–Crippen MR) is 58.3 cm³/mol. The van der Waals surface area contributed by atoms with Crippen molar-refractivity contribution in [3.63, 3.8) is 0 Å². The fourth-order valence-corrected chi connectivity index (χ4v) is 1.50. The van der Waals surface area contributed by atoms with Gasteiger partial charge in [-0.25, -0.2) is 4.39 Å². The van der Waals surface area contributed by atoms with Gasteiger partial charge in [0.05, 0.1) is 6.04 Å². The number of hydrogen-bond acceptors (Lipinski definition) is 2. The minimum absolute atomic E-state index is 0.111. The SMILES string of the molecule is OC1=CC=CCC1Nc1ccc(F)cc1. The molecule has 0 heterocycles. The molecule has 0 saturated heterocycles. The zero-order valence-electron chi connectivity index (χ0n) is 8.15. The van der Waals surface area contributed by atoms with Crippen LogP contribution >= 0.6 is 0 Å². The normalized spacial score (nSPS) is 19.8. The Labute approximate surface area is 87.7 Å². The molecule has 1 unspecified atom stereocenters. The number of rotatable bonds is 2. The van der Waals surface area contributed by atoms with Gasteiger partial charge in [0.25, 0.3) is 0 Å². The highest BCUT2D eigenvalue weighted by Crippen LogP contribution is 2.17. The predicted octanol–water partition coefficient (Wildman–Crippen LogP) is 3.01. The molecule has 1 aliphatic rings. The molecular formula is C12H12FNO. The summed E-state index contributed by atoms with van der Waals surface area (Å²) in [6.45, 7) is 0. The average molecular weight is 205 g/mol. The van der Waals surface area contributed by atoms with Crippen molar-refractivity contribution in [3.8, 4) is 0 Å². The highest BCUT2D eigenvalue weighted by molar-refractivity contribution is 5.46. The van der Waals surface area contributed by atoms with Gasteiger partial charge in [-0.05, 0) is 36.8 Å². The summed E-state index contributed by atoms with van der Waals surface area (Å²) >= 11 is 0. The van der Waals surface area contributed by atoms with Gasteiger partial charge in [0.1, 0.15) is 11.6 Å². The molecule has 2 nitrogen and oxygen atoms in total. The van der Waals surface area contributed by atoms with Gasteiger partial charge in [0.15, 0.2) is 0 Å². The third-order valence-corrected chi connectivity index (χ3v) is 2.32. The maximum atomic E-state index is 12.6. The Morgan fingerprint density at radius 3 is 2.67 bits per heavy atom. The molecule has 0 bridgehead atoms. The molecule has 78 valence electrons. The lowest BCUT2D eigenvalue weighted by molar-refractivity contribution is 0.373. The fraction of sp³-hybridized carbons (Fsp3) is 0.167. The quantitative estimate of drug-likeness (QED) is 0.777. The number of aliphatic hydroxyl groups excluding tert-OH is 1. The van der Waals surface area contributed by atoms with Gasteiger partial charge in [-0.15, -0.1) is 0 Å². The summed E-state index contributed by atoms with van der Waals surface area (Å²) in [7, 11) is 0. The highest BCUT2D eigenvalue weighted by atomic mass is 19.1. The molecule has 1 aliphatic carbocycles. The first-order valence-electron chi connectivity index (χ1n) is 4.83. The van der Waals surface area contributed by atoms with Crippen LogP contribution in [-0.4, -0.2) is 11.1 Å². The fourth-order valence-electron chi connectivity index (χ4n) is 1.50. The molecule has 2 N–H and O–H groups in total. The highest BCUT2D eigenvalue weighted by Gasteiger charge is 2.13. The third-order valence-electron chi connectivity index (χ3n) is 2.32. The summed E-state index contributed by atoms with van der Waals surface area (Å²) in [4.78, 5) is 0. The van der Waals surface area contributed by atoms with E-state index >= 15 is 0 Å². The van der Waals surface area contributed by atoms with E-state index in [2.05, 4.69) is 5.32 Å². The summed E-state index contributed by atoms with van der Waals surface area (Å²) in [6, 6.07) is 5.98. The number of anilines is 1. The van der Waals surface area contributed by atoms with Gasteiger partial charge in [-0.3, -0.25) is 0 Å². The van der Waals surface area contributed by atoms with E-state index in [1.54, 1.807) is 18.2 Å². The van der Waals surface area contributed by atoms with E-state index in [4.69, 9.17) is 0 Å². The molecule has 0 saturated carbocycles. The van der Waals surface area contributed by atoms with E-state index in [9.17, 15) is 9.50 Å². The maximum absolute atomic E-state index is 12.6. The maximum Gasteiger partial charge on any atom is 0.123 e. The monoisotopic (exact) mass is 205 g/mol. The van der Waals surface area contributed by atoms with Crippen molar-refractivity contribution in [2.24, 2.45) is 0 Å². The molecule has 1 atom stereocenters. The number of aliphatic hydroxyl groups is 1. The Morgan fingerprint density at radius 1 is 1.27 bits per heavy atom. The Morgan fingerprint density at radius 2 is 2.00 bits per heavy atom. The molecule has 0 aromatic heterocycles. The summed E-state index contributed by atoms with van der Waals surface area (Å²) in [5.74, 6) is 0.0469. The third kappa shape index (κ3) is 2.37. The molecule has 3 heteroatoms. The lowest BCUT2D eigenvalue weighted by atomic mass is 10.1. The minimum atomic E-state index is -0.260. The summed E-state index contributed by atoms with van der Waals surface area (Å²) in [5, 5.41) is 12.7. The standard InChI is InChI=1S/C12H12FNO/c13-9-5-7-10(8-6-9)14-11-3-1-2-4-12(11)15/h1-2,4-8,11,14-15H,3H2. The van der Waals surface area contributed by atoms with E-state index in [1.807, 2.05) is 12.2 Å². The molecule has 15 heavy (non-hydrogen) atoms. The van der Waals surface area contributed by atoms with Crippen molar-refractivity contribution in [2.75, 3.05) is 5.32 Å². The van der Waals surface area contributed by atoms with E-state index in [0.717, 1.165) is 12.1 Å². The van der Waals surface area contributed by atoms with Gasteiger partial charge < -0.3 is 10.4 Å². The van der Waals surface area contributed by atoms with Gasteiger partial charge in [-0.2, -0.15) is 0 Å². The first-order valence-corrected chi connectivity index (χ1v) is 4.83. The van der Waals surface area contributed by atoms with Crippen LogP contribution in [0.1, 0.15) is 6.42 Å². The smallest absolute Gasteiger partial charge is 0.123 e. The van der Waals surface area contributed by atoms with Crippen molar-refractivity contribution in [2.45, 2.75) is 12.5 Å². The molecule has 1 aromatic carbocycles. The molecule has 2 rings (SSSR count). The van der Waals surface area contributed by atoms with Gasteiger partial charge in [-0.1, -0.05) is 12.2 Å². The van der Waals surface area contributed by atoms with Crippen LogP contribution in [0.3, 0.4) is 0 Å². The van der Waals surface area contributed by atoms with Gasteiger partial charge in [0.2, 0.25) is 0 Å². The van der Waals surface area contributed by atoms with Gasteiger partial charge >= 0.3 is 0 Å². The summed E-state index contributed by atoms with van der Waals surface area (Å²) < 4.78 is 12.6. The largest absolute Gasteiger partial charge is 0.510 e. The number of benzene rings is 1. The second-order valence-corrected chi connectivity index (χ2v) is 3.46. The molecule has 0 spiro atoms. The Bertz CT molecular complexity index is 395. The molecule has 0 fully saturated rings. The zero-order chi connectivity index (χ0) is 10.7. The van der Waals surface area contributed by atoms with E-state index in [-0.39, 0.29) is 11.9 Å². The number of halogens is 1. The second kappa shape index (κ2) is 4.17. The minimum Gasteiger partial charge on any atom is -0.510 e. The molecule has 1 aromatic rings. The Hall–Kier alpha value is -1.77. The van der Waals surface area contributed by atoms with Crippen molar-refractivity contribution in [1.29, 1.82) is 0 Å². The van der Waals surface area contributed by atoms with Crippen LogP contribution in [-0.2, 0) is 0 Å². The molecule has 0 amide bonds. The number of nitrogens with one attached hydrogen (secondary N) is 1. The molecule has 0 radical (unpaired) electrons. The lowest BCUT2D eigenvalue weighted by Gasteiger charge is -2.19. The van der Waals surface area contributed by atoms with Crippen LogP contribution in [0.25, 0.3) is 0 Å². The van der Waals surface area contributed by atoms with E-state index in [1.165, 1.54) is 12.1 Å². The van der Waals surface area contributed by atoms with Crippen LogP contribution in [0, 0.1) is 5.82 Å². The van der Waals surface area contributed by atoms with Crippen molar-refractivity contribution in [3.05, 3.63) is 54.1 Å². The van der Waals surface area contributed by atoms with Crippen molar-refractivity contribution in [1.82, 2.24) is 0 Å². The lowest BCUT2D eigenvalue weighted by Crippen LogP contribution is -2.22. The summed E-state index contributed by atoms with van der Waals surface area (Å²) in [6.07, 6.45) is 6.18. The van der Waals surface area contributed by atoms with Crippen LogP contribution in [0.4, 0.5) is 10.1 Å². The second-order valence-electron chi connectivity index (χ2n) is 3.46. The summed E-state index contributed by atoms with van der Waals surface area (Å²) in [5.41, 5.74) is 0.802. The molecule has 0 aliphatic heterocycles. The first-order chi connectivity index (χ1) is 7.25. The van der Waals surface area contributed by atoms with E-state index in [0.29, 0.717) is 5.76 Å². The zero-order valence-corrected chi connectivity index (χ0v) is 8.15. The number of allylic oxidation sites excluding steroid dienone is 2. The Kier molecular flexibility index (Phi) is 2.72.